The minimum Gasteiger partial charge on any atom is -0.334 e. The monoisotopic (exact) mass is 382 g/mol. The molecule has 0 unspecified atom stereocenters. The first-order valence-corrected chi connectivity index (χ1v) is 9.27. The lowest BCUT2D eigenvalue weighted by Crippen LogP contribution is -2.17. The number of thioether (sulfide) groups is 1. The topological polar surface area (TPSA) is 109 Å². The lowest BCUT2D eigenvalue weighted by molar-refractivity contribution is 0.727. The van der Waals surface area contributed by atoms with E-state index >= 15 is 0 Å². The number of pyridine rings is 1. The first-order chi connectivity index (χ1) is 12.9. The highest BCUT2D eigenvalue weighted by atomic mass is 32.2. The van der Waals surface area contributed by atoms with E-state index in [2.05, 4.69) is 20.3 Å². The van der Waals surface area contributed by atoms with Crippen molar-refractivity contribution in [1.82, 2.24) is 34.0 Å². The van der Waals surface area contributed by atoms with Crippen molar-refractivity contribution in [2.24, 2.45) is 0 Å². The molecule has 4 rings (SSSR count). The van der Waals surface area contributed by atoms with Gasteiger partial charge in [-0.3, -0.25) is 9.20 Å². The molecule has 0 amide bonds. The van der Waals surface area contributed by atoms with Crippen molar-refractivity contribution < 1.29 is 0 Å². The summed E-state index contributed by atoms with van der Waals surface area (Å²) in [4.78, 5) is 16.9. The number of fused-ring (bicyclic) bond motifs is 1. The molecular weight excluding hydrogens is 364 g/mol. The Morgan fingerprint density at radius 3 is 2.74 bits per heavy atom. The first kappa shape index (κ1) is 17.3. The molecule has 0 saturated heterocycles. The Morgan fingerprint density at radius 1 is 1.19 bits per heavy atom. The first-order valence-electron chi connectivity index (χ1n) is 8.29. The molecular formula is C17H18N8OS. The van der Waals surface area contributed by atoms with Crippen molar-refractivity contribution >= 4 is 17.4 Å². The summed E-state index contributed by atoms with van der Waals surface area (Å²) in [7, 11) is 0. The molecule has 0 radical (unpaired) electrons. The third kappa shape index (κ3) is 3.08. The minimum absolute atomic E-state index is 0.114. The number of aryl methyl sites for hydroxylation is 3. The van der Waals surface area contributed by atoms with Crippen molar-refractivity contribution in [2.75, 3.05) is 5.84 Å². The van der Waals surface area contributed by atoms with Gasteiger partial charge in [0.05, 0.1) is 11.4 Å². The summed E-state index contributed by atoms with van der Waals surface area (Å²) in [5, 5.41) is 13.2. The van der Waals surface area contributed by atoms with Crippen LogP contribution >= 0.6 is 11.8 Å². The molecule has 2 N–H and O–H groups in total. The molecule has 4 aromatic heterocycles. The summed E-state index contributed by atoms with van der Waals surface area (Å²) in [5.74, 6) is 7.03. The second-order valence-corrected chi connectivity index (χ2v) is 7.19. The second kappa shape index (κ2) is 6.54. The molecule has 9 nitrogen and oxygen atoms in total. The van der Waals surface area contributed by atoms with Gasteiger partial charge >= 0.3 is 0 Å². The van der Waals surface area contributed by atoms with Crippen molar-refractivity contribution in [2.45, 2.75) is 31.7 Å². The molecule has 0 aliphatic rings. The third-order valence-corrected chi connectivity index (χ3v) is 5.11. The minimum atomic E-state index is -0.114. The van der Waals surface area contributed by atoms with Gasteiger partial charge in [-0.15, -0.1) is 10.2 Å². The summed E-state index contributed by atoms with van der Waals surface area (Å²) >= 11 is 1.36. The highest BCUT2D eigenvalue weighted by molar-refractivity contribution is 7.98. The quantitative estimate of drug-likeness (QED) is 0.420. The maximum Gasteiger partial charge on any atom is 0.271 e. The molecule has 10 heteroatoms. The smallest absolute Gasteiger partial charge is 0.271 e. The molecule has 4 heterocycles. The van der Waals surface area contributed by atoms with Crippen LogP contribution in [0, 0.1) is 20.8 Å². The van der Waals surface area contributed by atoms with E-state index in [1.54, 1.807) is 10.9 Å². The van der Waals surface area contributed by atoms with E-state index in [1.807, 2.05) is 39.0 Å². The van der Waals surface area contributed by atoms with Crippen molar-refractivity contribution in [1.29, 1.82) is 0 Å². The predicted octanol–water partition coefficient (Wildman–Crippen LogP) is 1.40. The third-order valence-electron chi connectivity index (χ3n) is 4.13. The van der Waals surface area contributed by atoms with E-state index in [1.165, 1.54) is 26.9 Å². The van der Waals surface area contributed by atoms with Crippen LogP contribution in [0.2, 0.25) is 0 Å². The molecule has 0 spiro atoms. The van der Waals surface area contributed by atoms with Gasteiger partial charge in [-0.2, -0.15) is 5.10 Å². The van der Waals surface area contributed by atoms with Gasteiger partial charge in [-0.25, -0.2) is 14.3 Å². The summed E-state index contributed by atoms with van der Waals surface area (Å²) in [6.07, 6.45) is 1.71. The van der Waals surface area contributed by atoms with Gasteiger partial charge in [-0.1, -0.05) is 17.8 Å². The maximum atomic E-state index is 12.3. The van der Waals surface area contributed by atoms with Crippen LogP contribution in [-0.2, 0) is 5.75 Å². The number of hydrogen-bond donors (Lipinski definition) is 1. The van der Waals surface area contributed by atoms with Gasteiger partial charge in [-0.05, 0) is 38.5 Å². The van der Waals surface area contributed by atoms with Gasteiger partial charge in [0.1, 0.15) is 5.65 Å². The van der Waals surface area contributed by atoms with E-state index in [0.29, 0.717) is 28.2 Å². The molecule has 138 valence electrons. The van der Waals surface area contributed by atoms with Crippen LogP contribution < -0.4 is 11.4 Å². The fraction of sp³-hybridized carbons (Fsp3) is 0.235. The van der Waals surface area contributed by atoms with E-state index in [9.17, 15) is 4.79 Å². The van der Waals surface area contributed by atoms with Gasteiger partial charge in [0, 0.05) is 23.7 Å². The Bertz CT molecular complexity index is 1210. The standard InChI is InChI=1S/C17H18N8OS/c1-10-5-4-6-23-14(26)8-13(19-15(10)23)9-27-17-21-20-16(24(17)18)25-12(3)7-11(2)22-25/h4-8H,9,18H2,1-3H3. The van der Waals surface area contributed by atoms with E-state index < -0.39 is 0 Å². The van der Waals surface area contributed by atoms with E-state index in [4.69, 9.17) is 5.84 Å². The zero-order valence-electron chi connectivity index (χ0n) is 15.1. The molecule has 4 aromatic rings. The SMILES string of the molecule is Cc1cc(C)n(-c2nnc(SCc3cc(=O)n4cccc(C)c4n3)n2N)n1. The normalized spacial score (nSPS) is 11.4. The summed E-state index contributed by atoms with van der Waals surface area (Å²) in [6, 6.07) is 7.22. The number of nitrogens with two attached hydrogens (primary N) is 1. The maximum absolute atomic E-state index is 12.3. The highest BCUT2D eigenvalue weighted by Gasteiger charge is 2.15. The number of nitrogen functional groups attached to an aromatic ring is 1. The zero-order valence-corrected chi connectivity index (χ0v) is 15.9. The fourth-order valence-corrected chi connectivity index (χ4v) is 3.61. The highest BCUT2D eigenvalue weighted by Crippen LogP contribution is 2.21. The van der Waals surface area contributed by atoms with Crippen molar-refractivity contribution in [3.63, 3.8) is 0 Å². The lowest BCUT2D eigenvalue weighted by atomic mass is 10.3. The molecule has 0 aromatic carbocycles. The second-order valence-electron chi connectivity index (χ2n) is 6.25. The Balaban J connectivity index is 1.61. The van der Waals surface area contributed by atoms with Crippen LogP contribution in [0.3, 0.4) is 0 Å². The molecule has 0 atom stereocenters. The van der Waals surface area contributed by atoms with E-state index in [-0.39, 0.29) is 5.56 Å². The Hall–Kier alpha value is -3.14. The summed E-state index contributed by atoms with van der Waals surface area (Å²) in [6.45, 7) is 5.76. The Morgan fingerprint density at radius 2 is 2.00 bits per heavy atom. The average molecular weight is 382 g/mol. The molecule has 0 aliphatic carbocycles. The van der Waals surface area contributed by atoms with Gasteiger partial charge in [0.2, 0.25) is 5.16 Å². The molecule has 0 bridgehead atoms. The predicted molar refractivity (Wildman–Crippen MR) is 103 cm³/mol. The number of aromatic nitrogens is 7. The van der Waals surface area contributed by atoms with Gasteiger partial charge in [0.25, 0.3) is 11.5 Å². The Labute approximate surface area is 158 Å². The summed E-state index contributed by atoms with van der Waals surface area (Å²) < 4.78 is 4.58. The van der Waals surface area contributed by atoms with Crippen LogP contribution in [0.5, 0.6) is 0 Å². The molecule has 0 aliphatic heterocycles. The van der Waals surface area contributed by atoms with Crippen LogP contribution in [0.4, 0.5) is 0 Å². The van der Waals surface area contributed by atoms with Gasteiger partial charge in [0.15, 0.2) is 0 Å². The van der Waals surface area contributed by atoms with Crippen molar-refractivity contribution in [3.05, 3.63) is 63.5 Å². The van der Waals surface area contributed by atoms with Crippen LogP contribution in [-0.4, -0.2) is 34.0 Å². The largest absolute Gasteiger partial charge is 0.334 e. The van der Waals surface area contributed by atoms with Crippen LogP contribution in [0.25, 0.3) is 11.6 Å². The number of rotatable bonds is 4. The number of hydrogen-bond acceptors (Lipinski definition) is 7. The van der Waals surface area contributed by atoms with Gasteiger partial charge < -0.3 is 5.84 Å². The molecule has 0 fully saturated rings. The average Bonchev–Trinajstić information content (AvgIpc) is 3.15. The Kier molecular flexibility index (Phi) is 4.19. The summed E-state index contributed by atoms with van der Waals surface area (Å²) in [5.41, 5.74) is 3.93. The van der Waals surface area contributed by atoms with Crippen LogP contribution in [0.1, 0.15) is 22.6 Å². The van der Waals surface area contributed by atoms with Crippen LogP contribution in [0.15, 0.2) is 40.4 Å². The molecule has 0 saturated carbocycles. The fourth-order valence-electron chi connectivity index (χ4n) is 2.86. The van der Waals surface area contributed by atoms with E-state index in [0.717, 1.165) is 17.0 Å². The molecule has 27 heavy (non-hydrogen) atoms. The lowest BCUT2D eigenvalue weighted by Gasteiger charge is -2.06. The number of nitrogens with zero attached hydrogens (tertiary/aromatic N) is 7. The zero-order chi connectivity index (χ0) is 19.1. The van der Waals surface area contributed by atoms with Crippen molar-refractivity contribution in [3.8, 4) is 5.95 Å².